The van der Waals surface area contributed by atoms with Gasteiger partial charge in [-0.25, -0.2) is 0 Å². The summed E-state index contributed by atoms with van der Waals surface area (Å²) in [5, 5.41) is 16.6. The highest BCUT2D eigenvalue weighted by molar-refractivity contribution is 6.03. The van der Waals surface area contributed by atoms with Gasteiger partial charge < -0.3 is 16.0 Å². The monoisotopic (exact) mass is 341 g/mol. The van der Waals surface area contributed by atoms with Crippen molar-refractivity contribution >= 4 is 29.0 Å². The maximum Gasteiger partial charge on any atom is 0.276 e. The second-order valence-corrected chi connectivity index (χ2v) is 5.65. The zero-order valence-corrected chi connectivity index (χ0v) is 14.5. The van der Waals surface area contributed by atoms with Gasteiger partial charge in [0.1, 0.15) is 5.82 Å². The van der Waals surface area contributed by atoms with Crippen LogP contribution in [0.3, 0.4) is 0 Å². The Labute approximate surface area is 147 Å². The van der Waals surface area contributed by atoms with E-state index in [2.05, 4.69) is 33.1 Å². The third-order valence-corrected chi connectivity index (χ3v) is 3.45. The van der Waals surface area contributed by atoms with Crippen LogP contribution in [0.4, 0.5) is 17.2 Å². The molecule has 2 amide bonds. The van der Waals surface area contributed by atoms with E-state index in [1.807, 2.05) is 0 Å². The van der Waals surface area contributed by atoms with E-state index < -0.39 is 0 Å². The third kappa shape index (κ3) is 6.21. The Kier molecular flexibility index (Phi) is 6.88. The lowest BCUT2D eigenvalue weighted by molar-refractivity contribution is -0.114. The summed E-state index contributed by atoms with van der Waals surface area (Å²) in [6.45, 7) is 4.44. The minimum Gasteiger partial charge on any atom is -0.369 e. The maximum atomic E-state index is 12.2. The number of carbonyl (C=O) groups excluding carboxylic acids is 2. The van der Waals surface area contributed by atoms with Crippen molar-refractivity contribution in [1.82, 2.24) is 10.2 Å². The molecule has 0 bridgehead atoms. The summed E-state index contributed by atoms with van der Waals surface area (Å²) in [6.07, 6.45) is 3.41. The van der Waals surface area contributed by atoms with Gasteiger partial charge in [0.05, 0.1) is 0 Å². The van der Waals surface area contributed by atoms with Crippen molar-refractivity contribution in [3.63, 3.8) is 0 Å². The van der Waals surface area contributed by atoms with E-state index in [0.29, 0.717) is 17.2 Å². The Balaban J connectivity index is 1.88. The van der Waals surface area contributed by atoms with Crippen LogP contribution in [0.1, 0.15) is 43.6 Å². The predicted octanol–water partition coefficient (Wildman–Crippen LogP) is 3.29. The van der Waals surface area contributed by atoms with Crippen molar-refractivity contribution in [3.05, 3.63) is 42.1 Å². The molecule has 25 heavy (non-hydrogen) atoms. The highest BCUT2D eigenvalue weighted by atomic mass is 16.2. The Morgan fingerprint density at radius 1 is 0.920 bits per heavy atom. The summed E-state index contributed by atoms with van der Waals surface area (Å²) >= 11 is 0. The Morgan fingerprint density at radius 3 is 2.16 bits per heavy atom. The minimum atomic E-state index is -0.336. The van der Waals surface area contributed by atoms with Crippen LogP contribution in [-0.4, -0.2) is 28.6 Å². The lowest BCUT2D eigenvalue weighted by Gasteiger charge is -2.07. The van der Waals surface area contributed by atoms with Crippen molar-refractivity contribution in [1.29, 1.82) is 0 Å². The van der Waals surface area contributed by atoms with Crippen LogP contribution in [0.25, 0.3) is 0 Å². The number of nitrogens with one attached hydrogen (secondary N) is 3. The van der Waals surface area contributed by atoms with Crippen molar-refractivity contribution in [2.75, 3.05) is 22.5 Å². The number of amides is 2. The number of anilines is 3. The van der Waals surface area contributed by atoms with Gasteiger partial charge in [-0.15, -0.1) is 10.2 Å². The van der Waals surface area contributed by atoms with Crippen LogP contribution >= 0.6 is 0 Å². The predicted molar refractivity (Wildman–Crippen MR) is 98.7 cm³/mol. The summed E-state index contributed by atoms with van der Waals surface area (Å²) in [7, 11) is 0. The van der Waals surface area contributed by atoms with Crippen molar-refractivity contribution in [3.8, 4) is 0 Å². The molecule has 0 atom stereocenters. The van der Waals surface area contributed by atoms with Crippen molar-refractivity contribution in [2.24, 2.45) is 0 Å². The zero-order chi connectivity index (χ0) is 18.1. The fourth-order valence-electron chi connectivity index (χ4n) is 2.17. The van der Waals surface area contributed by atoms with E-state index in [0.717, 1.165) is 19.4 Å². The summed E-state index contributed by atoms with van der Waals surface area (Å²) < 4.78 is 0. The van der Waals surface area contributed by atoms with Gasteiger partial charge in [-0.2, -0.15) is 0 Å². The zero-order valence-electron chi connectivity index (χ0n) is 14.5. The van der Waals surface area contributed by atoms with E-state index in [4.69, 9.17) is 0 Å². The number of rotatable bonds is 8. The van der Waals surface area contributed by atoms with Gasteiger partial charge >= 0.3 is 0 Å². The van der Waals surface area contributed by atoms with Gasteiger partial charge in [0.15, 0.2) is 5.69 Å². The first kappa shape index (κ1) is 18.4. The Bertz CT molecular complexity index is 698. The van der Waals surface area contributed by atoms with Gasteiger partial charge in [-0.1, -0.05) is 19.8 Å². The van der Waals surface area contributed by atoms with E-state index in [-0.39, 0.29) is 17.5 Å². The first-order valence-corrected chi connectivity index (χ1v) is 8.35. The first-order valence-electron chi connectivity index (χ1n) is 8.35. The number of aromatic nitrogens is 2. The molecule has 1 heterocycles. The SMILES string of the molecule is CCCCCNc1ccc(C(=O)Nc2ccc(NC(C)=O)cc2)nn1. The lowest BCUT2D eigenvalue weighted by Crippen LogP contribution is -2.15. The molecule has 132 valence electrons. The number of benzene rings is 1. The molecule has 2 rings (SSSR count). The quantitative estimate of drug-likeness (QED) is 0.640. The molecule has 0 aliphatic rings. The van der Waals surface area contributed by atoms with Crippen LogP contribution in [0, 0.1) is 0 Å². The summed E-state index contributed by atoms with van der Waals surface area (Å²) in [5.41, 5.74) is 1.52. The van der Waals surface area contributed by atoms with Crippen molar-refractivity contribution in [2.45, 2.75) is 33.1 Å². The van der Waals surface area contributed by atoms with Gasteiger partial charge in [-0.05, 0) is 42.8 Å². The lowest BCUT2D eigenvalue weighted by atomic mass is 10.2. The molecule has 1 aromatic carbocycles. The van der Waals surface area contributed by atoms with Crippen LogP contribution in [0.5, 0.6) is 0 Å². The summed E-state index contributed by atoms with van der Waals surface area (Å²) in [5.74, 6) is 0.181. The first-order chi connectivity index (χ1) is 12.1. The standard InChI is InChI=1S/C18H23N5O2/c1-3-4-5-12-19-17-11-10-16(22-23-17)18(25)21-15-8-6-14(7-9-15)20-13(2)24/h6-11H,3-5,12H2,1-2H3,(H,19,23)(H,20,24)(H,21,25). The van der Waals surface area contributed by atoms with Gasteiger partial charge in [0.25, 0.3) is 5.91 Å². The fraction of sp³-hybridized carbons (Fsp3) is 0.333. The largest absolute Gasteiger partial charge is 0.369 e. The normalized spacial score (nSPS) is 10.2. The Morgan fingerprint density at radius 2 is 1.60 bits per heavy atom. The number of carbonyl (C=O) groups is 2. The second kappa shape index (κ2) is 9.36. The fourth-order valence-corrected chi connectivity index (χ4v) is 2.17. The van der Waals surface area contributed by atoms with E-state index in [9.17, 15) is 9.59 Å². The number of hydrogen-bond donors (Lipinski definition) is 3. The molecule has 3 N–H and O–H groups in total. The molecule has 7 heteroatoms. The molecule has 0 unspecified atom stereocenters. The van der Waals surface area contributed by atoms with Crippen LogP contribution < -0.4 is 16.0 Å². The number of nitrogens with zero attached hydrogens (tertiary/aromatic N) is 2. The number of unbranched alkanes of at least 4 members (excludes halogenated alkanes) is 2. The average molecular weight is 341 g/mol. The molecule has 0 saturated carbocycles. The highest BCUT2D eigenvalue weighted by Crippen LogP contribution is 2.14. The molecule has 0 fully saturated rings. The smallest absolute Gasteiger partial charge is 0.276 e. The molecular weight excluding hydrogens is 318 g/mol. The third-order valence-electron chi connectivity index (χ3n) is 3.45. The molecule has 0 aliphatic heterocycles. The molecular formula is C18H23N5O2. The summed E-state index contributed by atoms with van der Waals surface area (Å²) in [6, 6.07) is 10.2. The maximum absolute atomic E-state index is 12.2. The van der Waals surface area contributed by atoms with Gasteiger partial charge in [0, 0.05) is 24.8 Å². The molecule has 2 aromatic rings. The molecule has 0 spiro atoms. The molecule has 0 radical (unpaired) electrons. The molecule has 7 nitrogen and oxygen atoms in total. The molecule has 1 aromatic heterocycles. The van der Waals surface area contributed by atoms with E-state index in [1.54, 1.807) is 36.4 Å². The van der Waals surface area contributed by atoms with Crippen LogP contribution in [-0.2, 0) is 4.79 Å². The van der Waals surface area contributed by atoms with E-state index in [1.165, 1.54) is 13.3 Å². The van der Waals surface area contributed by atoms with E-state index >= 15 is 0 Å². The van der Waals surface area contributed by atoms with Gasteiger partial charge in [0.2, 0.25) is 5.91 Å². The van der Waals surface area contributed by atoms with Crippen molar-refractivity contribution < 1.29 is 9.59 Å². The topological polar surface area (TPSA) is 96.0 Å². The van der Waals surface area contributed by atoms with Crippen LogP contribution in [0.2, 0.25) is 0 Å². The van der Waals surface area contributed by atoms with Gasteiger partial charge in [-0.3, -0.25) is 9.59 Å². The number of hydrogen-bond acceptors (Lipinski definition) is 5. The highest BCUT2D eigenvalue weighted by Gasteiger charge is 2.09. The second-order valence-electron chi connectivity index (χ2n) is 5.65. The average Bonchev–Trinajstić information content (AvgIpc) is 2.60. The minimum absolute atomic E-state index is 0.143. The molecule has 0 aliphatic carbocycles. The Hall–Kier alpha value is -2.96. The molecule has 0 saturated heterocycles. The summed E-state index contributed by atoms with van der Waals surface area (Å²) in [4.78, 5) is 23.2. The van der Waals surface area contributed by atoms with Crippen LogP contribution in [0.15, 0.2) is 36.4 Å².